The van der Waals surface area contributed by atoms with E-state index in [-0.39, 0.29) is 4.90 Å². The largest absolute Gasteiger partial charge is 0.380 e. The molecule has 108 valence electrons. The highest BCUT2D eigenvalue weighted by Crippen LogP contribution is 2.22. The number of thiazole rings is 1. The molecule has 0 saturated carbocycles. The Morgan fingerprint density at radius 2 is 2.00 bits per heavy atom. The molecule has 2 aromatic rings. The van der Waals surface area contributed by atoms with E-state index in [0.29, 0.717) is 12.1 Å². The molecule has 0 saturated heterocycles. The number of aryl methyl sites for hydroxylation is 3. The minimum Gasteiger partial charge on any atom is -0.380 e. The Bertz CT molecular complexity index is 736. The molecular formula is C13H17N3O2S2. The topological polar surface area (TPSA) is 85.1 Å². The molecule has 0 aliphatic heterocycles. The van der Waals surface area contributed by atoms with E-state index >= 15 is 0 Å². The second-order valence-electron chi connectivity index (χ2n) is 4.62. The number of anilines is 1. The summed E-state index contributed by atoms with van der Waals surface area (Å²) in [6.45, 7) is 6.27. The third-order valence-electron chi connectivity index (χ3n) is 2.95. The second kappa shape index (κ2) is 5.51. The van der Waals surface area contributed by atoms with Crippen LogP contribution in [0.3, 0.4) is 0 Å². The summed E-state index contributed by atoms with van der Waals surface area (Å²) in [5, 5.41) is 9.42. The van der Waals surface area contributed by atoms with Crippen LogP contribution in [0.2, 0.25) is 0 Å². The van der Waals surface area contributed by atoms with E-state index < -0.39 is 10.0 Å². The van der Waals surface area contributed by atoms with E-state index in [1.807, 2.05) is 19.9 Å². The average Bonchev–Trinajstić information content (AvgIpc) is 2.65. The Balaban J connectivity index is 2.21. The number of rotatable bonds is 4. The van der Waals surface area contributed by atoms with Crippen LogP contribution in [0.1, 0.15) is 21.1 Å². The number of benzene rings is 1. The zero-order valence-corrected chi connectivity index (χ0v) is 13.2. The molecule has 0 amide bonds. The second-order valence-corrected chi connectivity index (χ2v) is 7.44. The number of nitrogens with two attached hydrogens (primary N) is 1. The Hall–Kier alpha value is -1.44. The lowest BCUT2D eigenvalue weighted by atomic mass is 10.2. The highest BCUT2D eigenvalue weighted by atomic mass is 32.2. The van der Waals surface area contributed by atoms with Gasteiger partial charge in [0.25, 0.3) is 0 Å². The summed E-state index contributed by atoms with van der Waals surface area (Å²) in [7, 11) is -3.69. The maximum Gasteiger partial charge on any atom is 0.238 e. The van der Waals surface area contributed by atoms with E-state index in [1.54, 1.807) is 30.4 Å². The van der Waals surface area contributed by atoms with Gasteiger partial charge in [0, 0.05) is 10.6 Å². The molecule has 0 radical (unpaired) electrons. The number of hydrogen-bond donors (Lipinski definition) is 2. The van der Waals surface area contributed by atoms with E-state index in [2.05, 4.69) is 10.3 Å². The van der Waals surface area contributed by atoms with E-state index in [0.717, 1.165) is 21.3 Å². The smallest absolute Gasteiger partial charge is 0.238 e. The number of hydrogen-bond acceptors (Lipinski definition) is 5. The van der Waals surface area contributed by atoms with Gasteiger partial charge in [-0.15, -0.1) is 11.3 Å². The monoisotopic (exact) mass is 311 g/mol. The normalized spacial score (nSPS) is 11.6. The van der Waals surface area contributed by atoms with Gasteiger partial charge in [-0.05, 0) is 38.5 Å². The highest BCUT2D eigenvalue weighted by Gasteiger charge is 2.12. The van der Waals surface area contributed by atoms with Gasteiger partial charge >= 0.3 is 0 Å². The van der Waals surface area contributed by atoms with Crippen molar-refractivity contribution >= 4 is 27.0 Å². The van der Waals surface area contributed by atoms with Gasteiger partial charge in [0.05, 0.1) is 22.1 Å². The predicted molar refractivity (Wildman–Crippen MR) is 81.5 cm³/mol. The first-order chi connectivity index (χ1) is 9.27. The molecule has 3 N–H and O–H groups in total. The van der Waals surface area contributed by atoms with Gasteiger partial charge in [0.1, 0.15) is 0 Å². The molecule has 0 aliphatic carbocycles. The van der Waals surface area contributed by atoms with Gasteiger partial charge in [-0.25, -0.2) is 18.5 Å². The number of nitrogens with one attached hydrogen (secondary N) is 1. The zero-order valence-electron chi connectivity index (χ0n) is 11.6. The third kappa shape index (κ3) is 3.36. The summed E-state index contributed by atoms with van der Waals surface area (Å²) in [5.74, 6) is 0. The fraction of sp³-hybridized carbons (Fsp3) is 0.308. The summed E-state index contributed by atoms with van der Waals surface area (Å²) in [6, 6.07) is 5.15. The summed E-state index contributed by atoms with van der Waals surface area (Å²) >= 11 is 1.63. The van der Waals surface area contributed by atoms with Gasteiger partial charge in [-0.1, -0.05) is 6.07 Å². The maximum atomic E-state index is 11.5. The maximum absolute atomic E-state index is 11.5. The summed E-state index contributed by atoms with van der Waals surface area (Å²) in [6.07, 6.45) is 0. The van der Waals surface area contributed by atoms with Crippen LogP contribution in [-0.4, -0.2) is 13.4 Å². The molecule has 0 spiro atoms. The molecule has 20 heavy (non-hydrogen) atoms. The summed E-state index contributed by atoms with van der Waals surface area (Å²) in [4.78, 5) is 5.65. The fourth-order valence-electron chi connectivity index (χ4n) is 1.94. The van der Waals surface area contributed by atoms with Crippen molar-refractivity contribution in [2.24, 2.45) is 5.14 Å². The zero-order chi connectivity index (χ0) is 14.9. The lowest BCUT2D eigenvalue weighted by Gasteiger charge is -2.09. The number of aromatic nitrogens is 1. The van der Waals surface area contributed by atoms with Crippen molar-refractivity contribution in [3.8, 4) is 0 Å². The van der Waals surface area contributed by atoms with Gasteiger partial charge in [0.15, 0.2) is 0 Å². The molecule has 2 rings (SSSR count). The molecule has 0 fully saturated rings. The Labute approximate surface area is 122 Å². The van der Waals surface area contributed by atoms with Crippen molar-refractivity contribution in [2.45, 2.75) is 32.2 Å². The Morgan fingerprint density at radius 3 is 2.55 bits per heavy atom. The molecule has 1 aromatic carbocycles. The van der Waals surface area contributed by atoms with Crippen LogP contribution in [0, 0.1) is 20.8 Å². The predicted octanol–water partition coefficient (Wildman–Crippen LogP) is 2.33. The summed E-state index contributed by atoms with van der Waals surface area (Å²) < 4.78 is 23.0. The van der Waals surface area contributed by atoms with Crippen LogP contribution in [0.25, 0.3) is 0 Å². The molecule has 1 aromatic heterocycles. The number of primary sulfonamides is 1. The molecule has 0 unspecified atom stereocenters. The van der Waals surface area contributed by atoms with Crippen LogP contribution >= 0.6 is 11.3 Å². The van der Waals surface area contributed by atoms with Crippen LogP contribution in [0.15, 0.2) is 23.1 Å². The minimum atomic E-state index is -3.69. The molecule has 0 bridgehead atoms. The molecule has 1 heterocycles. The van der Waals surface area contributed by atoms with Gasteiger partial charge in [-0.3, -0.25) is 0 Å². The van der Waals surface area contributed by atoms with Crippen molar-refractivity contribution in [2.75, 3.05) is 5.32 Å². The molecule has 5 nitrogen and oxygen atoms in total. The van der Waals surface area contributed by atoms with Crippen molar-refractivity contribution in [3.05, 3.63) is 39.3 Å². The van der Waals surface area contributed by atoms with E-state index in [9.17, 15) is 8.42 Å². The first-order valence-electron chi connectivity index (χ1n) is 6.07. The van der Waals surface area contributed by atoms with Crippen LogP contribution in [0.4, 0.5) is 5.69 Å². The number of nitrogens with zero attached hydrogens (tertiary/aromatic N) is 1. The summed E-state index contributed by atoms with van der Waals surface area (Å²) in [5.41, 5.74) is 2.37. The van der Waals surface area contributed by atoms with Crippen molar-refractivity contribution in [3.63, 3.8) is 0 Å². The van der Waals surface area contributed by atoms with Crippen molar-refractivity contribution in [1.82, 2.24) is 4.98 Å². The van der Waals surface area contributed by atoms with Crippen molar-refractivity contribution in [1.29, 1.82) is 0 Å². The lowest BCUT2D eigenvalue weighted by Crippen LogP contribution is -2.14. The molecular weight excluding hydrogens is 294 g/mol. The van der Waals surface area contributed by atoms with Gasteiger partial charge < -0.3 is 5.32 Å². The first kappa shape index (κ1) is 15.0. The van der Waals surface area contributed by atoms with Crippen molar-refractivity contribution < 1.29 is 8.42 Å². The SMILES string of the molecule is Cc1nc(C)c(CNc2ccc(C)c(S(N)(=O)=O)c2)s1. The van der Waals surface area contributed by atoms with E-state index in [1.165, 1.54) is 0 Å². The van der Waals surface area contributed by atoms with Gasteiger partial charge in [-0.2, -0.15) is 0 Å². The Morgan fingerprint density at radius 1 is 1.30 bits per heavy atom. The average molecular weight is 311 g/mol. The van der Waals surface area contributed by atoms with Gasteiger partial charge in [0.2, 0.25) is 10.0 Å². The lowest BCUT2D eigenvalue weighted by molar-refractivity contribution is 0.597. The first-order valence-corrected chi connectivity index (χ1v) is 8.44. The quantitative estimate of drug-likeness (QED) is 0.907. The Kier molecular flexibility index (Phi) is 4.12. The molecule has 0 aliphatic rings. The van der Waals surface area contributed by atoms with Crippen LogP contribution in [0.5, 0.6) is 0 Å². The highest BCUT2D eigenvalue weighted by molar-refractivity contribution is 7.89. The van der Waals surface area contributed by atoms with Crippen LogP contribution < -0.4 is 10.5 Å². The molecule has 7 heteroatoms. The van der Waals surface area contributed by atoms with Crippen LogP contribution in [-0.2, 0) is 16.6 Å². The number of sulfonamides is 1. The standard InChI is InChI=1S/C13H17N3O2S2/c1-8-4-5-11(6-13(8)20(14,17)18)15-7-12-9(2)16-10(3)19-12/h4-6,15H,7H2,1-3H3,(H2,14,17,18). The minimum absolute atomic E-state index is 0.153. The third-order valence-corrected chi connectivity index (χ3v) is 5.07. The molecule has 0 atom stereocenters. The van der Waals surface area contributed by atoms with E-state index in [4.69, 9.17) is 5.14 Å². The fourth-order valence-corrected chi connectivity index (χ4v) is 3.62.